The fourth-order valence-corrected chi connectivity index (χ4v) is 2.31. The molecule has 1 aromatic rings. The molecule has 0 aromatic carbocycles. The average molecular weight is 233 g/mol. The average Bonchev–Trinajstić information content (AvgIpc) is 2.39. The van der Waals surface area contributed by atoms with Gasteiger partial charge < -0.3 is 9.83 Å². The maximum absolute atomic E-state index is 9.51. The van der Waals surface area contributed by atoms with Gasteiger partial charge in [0.05, 0.1) is 5.69 Å². The Morgan fingerprint density at radius 3 is 2.53 bits per heavy atom. The monoisotopic (exact) mass is 233 g/mol. The molecule has 2 rings (SSSR count). The lowest BCUT2D eigenvalue weighted by Crippen LogP contribution is -2.51. The van der Waals surface area contributed by atoms with Gasteiger partial charge in [0.15, 0.2) is 0 Å². The summed E-state index contributed by atoms with van der Waals surface area (Å²) in [6.07, 6.45) is 1.85. The van der Waals surface area contributed by atoms with Gasteiger partial charge in [-0.05, 0) is 25.9 Å². The van der Waals surface area contributed by atoms with E-state index >= 15 is 0 Å². The first-order valence-electron chi connectivity index (χ1n) is 6.25. The SMILES string of the molecule is CB(O)N1CCN(C(C)c2ccccn2)CC1. The van der Waals surface area contributed by atoms with E-state index in [0.717, 1.165) is 31.9 Å². The van der Waals surface area contributed by atoms with Crippen molar-refractivity contribution in [1.82, 2.24) is 14.7 Å². The van der Waals surface area contributed by atoms with E-state index in [4.69, 9.17) is 0 Å². The Morgan fingerprint density at radius 2 is 2.00 bits per heavy atom. The fourth-order valence-electron chi connectivity index (χ4n) is 2.31. The van der Waals surface area contributed by atoms with Crippen LogP contribution < -0.4 is 0 Å². The summed E-state index contributed by atoms with van der Waals surface area (Å²) in [7, 11) is -0.331. The molecule has 92 valence electrons. The van der Waals surface area contributed by atoms with Crippen LogP contribution in [0, 0.1) is 0 Å². The fraction of sp³-hybridized carbons (Fsp3) is 0.583. The summed E-state index contributed by atoms with van der Waals surface area (Å²) in [6, 6.07) is 6.41. The van der Waals surface area contributed by atoms with Crippen LogP contribution in [0.4, 0.5) is 0 Å². The first-order chi connectivity index (χ1) is 8.18. The van der Waals surface area contributed by atoms with Gasteiger partial charge in [0.1, 0.15) is 0 Å². The summed E-state index contributed by atoms with van der Waals surface area (Å²) >= 11 is 0. The van der Waals surface area contributed by atoms with Gasteiger partial charge in [-0.1, -0.05) is 6.07 Å². The lowest BCUT2D eigenvalue weighted by Gasteiger charge is -2.38. The van der Waals surface area contributed by atoms with Crippen LogP contribution in [0.3, 0.4) is 0 Å². The van der Waals surface area contributed by atoms with E-state index in [9.17, 15) is 5.02 Å². The maximum atomic E-state index is 9.51. The third-order valence-electron chi connectivity index (χ3n) is 3.54. The molecule has 2 heterocycles. The largest absolute Gasteiger partial charge is 0.437 e. The molecule has 0 spiro atoms. The molecular formula is C12H20BN3O. The first kappa shape index (κ1) is 12.5. The van der Waals surface area contributed by atoms with Crippen LogP contribution in [0.15, 0.2) is 24.4 Å². The highest BCUT2D eigenvalue weighted by Crippen LogP contribution is 2.19. The highest BCUT2D eigenvalue weighted by Gasteiger charge is 2.25. The Morgan fingerprint density at radius 1 is 1.29 bits per heavy atom. The number of hydrogen-bond acceptors (Lipinski definition) is 4. The van der Waals surface area contributed by atoms with Crippen LogP contribution in [0.1, 0.15) is 18.7 Å². The van der Waals surface area contributed by atoms with E-state index in [1.54, 1.807) is 0 Å². The van der Waals surface area contributed by atoms with E-state index in [2.05, 4.69) is 27.7 Å². The molecule has 0 amide bonds. The van der Waals surface area contributed by atoms with Gasteiger partial charge in [0.25, 0.3) is 0 Å². The van der Waals surface area contributed by atoms with Crippen LogP contribution in [0.25, 0.3) is 0 Å². The summed E-state index contributed by atoms with van der Waals surface area (Å²) in [4.78, 5) is 8.92. The molecule has 1 saturated heterocycles. The first-order valence-corrected chi connectivity index (χ1v) is 6.25. The van der Waals surface area contributed by atoms with Gasteiger partial charge in [0.2, 0.25) is 0 Å². The molecule has 0 aliphatic carbocycles. The zero-order chi connectivity index (χ0) is 12.3. The minimum atomic E-state index is -0.331. The Kier molecular flexibility index (Phi) is 4.15. The predicted molar refractivity (Wildman–Crippen MR) is 69.6 cm³/mol. The normalized spacial score (nSPS) is 20.2. The zero-order valence-corrected chi connectivity index (χ0v) is 10.6. The van der Waals surface area contributed by atoms with Crippen LogP contribution in [0.2, 0.25) is 6.82 Å². The third-order valence-corrected chi connectivity index (χ3v) is 3.54. The van der Waals surface area contributed by atoms with E-state index < -0.39 is 0 Å². The van der Waals surface area contributed by atoms with Crippen LogP contribution in [-0.2, 0) is 0 Å². The summed E-state index contributed by atoms with van der Waals surface area (Å²) < 4.78 is 0. The van der Waals surface area contributed by atoms with Crippen molar-refractivity contribution in [2.75, 3.05) is 26.2 Å². The molecule has 17 heavy (non-hydrogen) atoms. The summed E-state index contributed by atoms with van der Waals surface area (Å²) in [6.45, 7) is 7.85. The molecule has 1 aliphatic rings. The predicted octanol–water partition coefficient (Wildman–Crippen LogP) is 0.871. The number of piperazine rings is 1. The number of hydrogen-bond donors (Lipinski definition) is 1. The molecule has 1 aliphatic heterocycles. The number of nitrogens with zero attached hydrogens (tertiary/aromatic N) is 3. The van der Waals surface area contributed by atoms with Crippen molar-refractivity contribution in [3.05, 3.63) is 30.1 Å². The highest BCUT2D eigenvalue weighted by molar-refractivity contribution is 6.45. The van der Waals surface area contributed by atoms with Crippen molar-refractivity contribution in [1.29, 1.82) is 0 Å². The van der Waals surface area contributed by atoms with Crippen LogP contribution in [0.5, 0.6) is 0 Å². The van der Waals surface area contributed by atoms with Crippen LogP contribution in [-0.4, -0.2) is 52.9 Å². The van der Waals surface area contributed by atoms with E-state index in [-0.39, 0.29) is 7.05 Å². The molecule has 4 nitrogen and oxygen atoms in total. The highest BCUT2D eigenvalue weighted by atomic mass is 16.2. The molecule has 1 unspecified atom stereocenters. The van der Waals surface area contributed by atoms with Crippen molar-refractivity contribution < 1.29 is 5.02 Å². The van der Waals surface area contributed by atoms with Gasteiger partial charge >= 0.3 is 7.05 Å². The van der Waals surface area contributed by atoms with E-state index in [0.29, 0.717) is 6.04 Å². The summed E-state index contributed by atoms with van der Waals surface area (Å²) in [5.74, 6) is 0. The number of rotatable bonds is 3. The lowest BCUT2D eigenvalue weighted by molar-refractivity contribution is 0.134. The Hall–Kier alpha value is -0.905. The molecule has 1 N–H and O–H groups in total. The molecule has 0 saturated carbocycles. The van der Waals surface area contributed by atoms with Gasteiger partial charge in [-0.25, -0.2) is 0 Å². The Balaban J connectivity index is 1.93. The van der Waals surface area contributed by atoms with Gasteiger partial charge in [0, 0.05) is 38.4 Å². The number of pyridine rings is 1. The van der Waals surface area contributed by atoms with Gasteiger partial charge in [-0.15, -0.1) is 0 Å². The zero-order valence-electron chi connectivity index (χ0n) is 10.6. The maximum Gasteiger partial charge on any atom is 0.376 e. The lowest BCUT2D eigenvalue weighted by atomic mass is 9.84. The van der Waals surface area contributed by atoms with Crippen molar-refractivity contribution in [3.8, 4) is 0 Å². The second-order valence-corrected chi connectivity index (χ2v) is 4.63. The van der Waals surface area contributed by atoms with Crippen molar-refractivity contribution >= 4 is 7.05 Å². The minimum Gasteiger partial charge on any atom is -0.437 e. The van der Waals surface area contributed by atoms with Gasteiger partial charge in [-0.2, -0.15) is 0 Å². The molecule has 5 heteroatoms. The van der Waals surface area contributed by atoms with E-state index in [1.165, 1.54) is 0 Å². The second-order valence-electron chi connectivity index (χ2n) is 4.63. The molecule has 1 atom stereocenters. The molecule has 1 aromatic heterocycles. The Bertz CT molecular complexity index is 339. The van der Waals surface area contributed by atoms with Gasteiger partial charge in [-0.3, -0.25) is 9.88 Å². The summed E-state index contributed by atoms with van der Waals surface area (Å²) in [5, 5.41) is 9.51. The molecule has 0 bridgehead atoms. The summed E-state index contributed by atoms with van der Waals surface area (Å²) in [5.41, 5.74) is 1.12. The quantitative estimate of drug-likeness (QED) is 0.786. The van der Waals surface area contributed by atoms with E-state index in [1.807, 2.05) is 25.2 Å². The van der Waals surface area contributed by atoms with Crippen molar-refractivity contribution in [2.45, 2.75) is 19.8 Å². The standard InChI is InChI=1S/C12H20BN3O/c1-11(12-5-3-4-6-14-12)15-7-9-16(10-8-15)13(2)17/h3-6,11,17H,7-10H2,1-2H3. The minimum absolute atomic E-state index is 0.331. The molecule has 1 fully saturated rings. The Labute approximate surface area is 103 Å². The number of aromatic nitrogens is 1. The van der Waals surface area contributed by atoms with Crippen LogP contribution >= 0.6 is 0 Å². The molecular weight excluding hydrogens is 213 g/mol. The topological polar surface area (TPSA) is 39.6 Å². The molecule has 0 radical (unpaired) electrons. The smallest absolute Gasteiger partial charge is 0.376 e. The third kappa shape index (κ3) is 3.06. The second kappa shape index (κ2) is 5.62. The van der Waals surface area contributed by atoms with Crippen molar-refractivity contribution in [2.24, 2.45) is 0 Å². The van der Waals surface area contributed by atoms with Crippen molar-refractivity contribution in [3.63, 3.8) is 0 Å².